The molecular weight excluding hydrogens is 264 g/mol. The average Bonchev–Trinajstić information content (AvgIpc) is 3.31. The minimum absolute atomic E-state index is 0.0416. The molecule has 0 spiro atoms. The fraction of sp³-hybridized carbons (Fsp3) is 0.529. The van der Waals surface area contributed by atoms with E-state index in [0.29, 0.717) is 17.5 Å². The number of aliphatic hydroxyl groups is 1. The predicted octanol–water partition coefficient (Wildman–Crippen LogP) is 2.12. The maximum absolute atomic E-state index is 12.3. The van der Waals surface area contributed by atoms with Gasteiger partial charge in [-0.25, -0.2) is 0 Å². The number of carbonyl (C=O) groups excluding carboxylic acids is 1. The number of amides is 1. The smallest absolute Gasteiger partial charge is 0.253 e. The van der Waals surface area contributed by atoms with Gasteiger partial charge in [-0.2, -0.15) is 0 Å². The molecule has 112 valence electrons. The Hall–Kier alpha value is -1.86. The van der Waals surface area contributed by atoms with Crippen LogP contribution in [0.3, 0.4) is 0 Å². The molecular formula is C17H22N2O2. The van der Waals surface area contributed by atoms with Crippen LogP contribution in [0.2, 0.25) is 0 Å². The topological polar surface area (TPSA) is 62.2 Å². The normalized spacial score (nSPS) is 15.0. The van der Waals surface area contributed by atoms with Gasteiger partial charge in [-0.05, 0) is 24.8 Å². The zero-order valence-corrected chi connectivity index (χ0v) is 12.4. The van der Waals surface area contributed by atoms with Crippen molar-refractivity contribution in [3.8, 4) is 11.8 Å². The van der Waals surface area contributed by atoms with E-state index in [-0.39, 0.29) is 18.6 Å². The van der Waals surface area contributed by atoms with E-state index in [1.807, 2.05) is 0 Å². The van der Waals surface area contributed by atoms with Crippen molar-refractivity contribution in [2.75, 3.05) is 6.61 Å². The van der Waals surface area contributed by atoms with Gasteiger partial charge >= 0.3 is 0 Å². The first kappa shape index (κ1) is 15.5. The van der Waals surface area contributed by atoms with E-state index in [9.17, 15) is 4.79 Å². The molecule has 0 bridgehead atoms. The number of hydrogen-bond donors (Lipinski definition) is 2. The number of pyridine rings is 1. The van der Waals surface area contributed by atoms with Crippen molar-refractivity contribution in [1.29, 1.82) is 0 Å². The number of aliphatic hydroxyl groups excluding tert-OH is 1. The van der Waals surface area contributed by atoms with E-state index in [0.717, 1.165) is 18.8 Å². The van der Waals surface area contributed by atoms with Gasteiger partial charge in [0, 0.05) is 30.4 Å². The van der Waals surface area contributed by atoms with Gasteiger partial charge in [-0.3, -0.25) is 9.78 Å². The minimum Gasteiger partial charge on any atom is -0.395 e. The molecule has 4 nitrogen and oxygen atoms in total. The summed E-state index contributed by atoms with van der Waals surface area (Å²) in [7, 11) is 0. The third-order valence-electron chi connectivity index (χ3n) is 3.61. The summed E-state index contributed by atoms with van der Waals surface area (Å²) >= 11 is 0. The van der Waals surface area contributed by atoms with Crippen LogP contribution in [0, 0.1) is 17.8 Å². The minimum atomic E-state index is -0.0826. The second-order valence-corrected chi connectivity index (χ2v) is 5.50. The van der Waals surface area contributed by atoms with Crippen molar-refractivity contribution in [2.24, 2.45) is 5.92 Å². The Morgan fingerprint density at radius 3 is 3.00 bits per heavy atom. The molecule has 4 heteroatoms. The van der Waals surface area contributed by atoms with Crippen LogP contribution in [0.25, 0.3) is 0 Å². The molecule has 2 rings (SSSR count). The van der Waals surface area contributed by atoms with Crippen LogP contribution < -0.4 is 5.32 Å². The highest BCUT2D eigenvalue weighted by Crippen LogP contribution is 2.34. The van der Waals surface area contributed by atoms with Gasteiger partial charge in [0.2, 0.25) is 0 Å². The third-order valence-corrected chi connectivity index (χ3v) is 3.61. The Morgan fingerprint density at radius 2 is 2.33 bits per heavy atom. The molecule has 1 atom stereocenters. The zero-order chi connectivity index (χ0) is 15.1. The van der Waals surface area contributed by atoms with Crippen molar-refractivity contribution in [3.63, 3.8) is 0 Å². The molecule has 0 aliphatic heterocycles. The summed E-state index contributed by atoms with van der Waals surface area (Å²) in [6, 6.07) is 1.99. The fourth-order valence-electron chi connectivity index (χ4n) is 2.21. The van der Waals surface area contributed by atoms with Gasteiger partial charge < -0.3 is 10.4 Å². The van der Waals surface area contributed by atoms with Crippen LogP contribution >= 0.6 is 0 Å². The van der Waals surface area contributed by atoms with E-state index < -0.39 is 0 Å². The lowest BCUT2D eigenvalue weighted by Crippen LogP contribution is -2.34. The summed E-state index contributed by atoms with van der Waals surface area (Å²) in [5.41, 5.74) is 1.24. The van der Waals surface area contributed by atoms with E-state index in [4.69, 9.17) is 5.11 Å². The first-order chi connectivity index (χ1) is 10.2. The molecule has 1 aliphatic carbocycles. The number of nitrogens with zero attached hydrogens (tertiary/aromatic N) is 1. The molecule has 21 heavy (non-hydrogen) atoms. The standard InChI is InChI=1S/C17H22N2O2/c1-2-16(10-13-6-7-13)19-17(21)15-9-14(11-18-12-15)5-3-4-8-20/h9,11-13,16,20H,2,4,6-8,10H2,1H3,(H,19,21). The summed E-state index contributed by atoms with van der Waals surface area (Å²) in [6.45, 7) is 2.14. The Balaban J connectivity index is 1.97. The molecule has 0 saturated heterocycles. The second-order valence-electron chi connectivity index (χ2n) is 5.50. The number of nitrogens with one attached hydrogen (secondary N) is 1. The van der Waals surface area contributed by atoms with Crippen molar-refractivity contribution >= 4 is 5.91 Å². The summed E-state index contributed by atoms with van der Waals surface area (Å²) in [5, 5.41) is 11.8. The Bertz CT molecular complexity index is 541. The van der Waals surface area contributed by atoms with Crippen molar-refractivity contribution in [1.82, 2.24) is 10.3 Å². The van der Waals surface area contributed by atoms with E-state index in [1.165, 1.54) is 12.8 Å². The molecule has 0 aromatic carbocycles. The van der Waals surface area contributed by atoms with Crippen LogP contribution in [0.4, 0.5) is 0 Å². The van der Waals surface area contributed by atoms with Crippen LogP contribution in [-0.2, 0) is 0 Å². The number of aromatic nitrogens is 1. The Labute approximate surface area is 126 Å². The first-order valence-electron chi connectivity index (χ1n) is 7.58. The van der Waals surface area contributed by atoms with E-state index in [2.05, 4.69) is 29.1 Å². The summed E-state index contributed by atoms with van der Waals surface area (Å²) in [6.07, 6.45) is 8.24. The van der Waals surface area contributed by atoms with Crippen LogP contribution in [-0.4, -0.2) is 28.6 Å². The molecule has 1 amide bonds. The molecule has 0 radical (unpaired) electrons. The zero-order valence-electron chi connectivity index (χ0n) is 12.4. The average molecular weight is 286 g/mol. The van der Waals surface area contributed by atoms with Crippen molar-refractivity contribution in [2.45, 2.75) is 45.1 Å². The number of hydrogen-bond acceptors (Lipinski definition) is 3. The SMILES string of the molecule is CCC(CC1CC1)NC(=O)c1cncc(C#CCCO)c1. The predicted molar refractivity (Wildman–Crippen MR) is 81.7 cm³/mol. The van der Waals surface area contributed by atoms with Crippen molar-refractivity contribution in [3.05, 3.63) is 29.6 Å². The number of rotatable bonds is 6. The monoisotopic (exact) mass is 286 g/mol. The highest BCUT2D eigenvalue weighted by molar-refractivity contribution is 5.94. The highest BCUT2D eigenvalue weighted by atomic mass is 16.2. The highest BCUT2D eigenvalue weighted by Gasteiger charge is 2.25. The van der Waals surface area contributed by atoms with Crippen LogP contribution in [0.5, 0.6) is 0 Å². The van der Waals surface area contributed by atoms with Gasteiger partial charge in [0.25, 0.3) is 5.91 Å². The Kier molecular flexibility index (Phi) is 5.77. The van der Waals surface area contributed by atoms with Crippen LogP contribution in [0.1, 0.15) is 54.9 Å². The first-order valence-corrected chi connectivity index (χ1v) is 7.58. The van der Waals surface area contributed by atoms with Gasteiger partial charge in [-0.1, -0.05) is 31.6 Å². The molecule has 1 unspecified atom stereocenters. The molecule has 1 fully saturated rings. The largest absolute Gasteiger partial charge is 0.395 e. The summed E-state index contributed by atoms with van der Waals surface area (Å²) < 4.78 is 0. The third kappa shape index (κ3) is 5.20. The maximum Gasteiger partial charge on any atom is 0.253 e. The van der Waals surface area contributed by atoms with E-state index >= 15 is 0 Å². The van der Waals surface area contributed by atoms with Gasteiger partial charge in [0.1, 0.15) is 0 Å². The van der Waals surface area contributed by atoms with Gasteiger partial charge in [0.15, 0.2) is 0 Å². The number of carbonyl (C=O) groups is 1. The van der Waals surface area contributed by atoms with E-state index in [1.54, 1.807) is 18.5 Å². The molecule has 1 aromatic rings. The molecule has 1 saturated carbocycles. The summed E-state index contributed by atoms with van der Waals surface area (Å²) in [5.74, 6) is 6.44. The molecule has 1 aromatic heterocycles. The maximum atomic E-state index is 12.3. The molecule has 2 N–H and O–H groups in total. The second kappa shape index (κ2) is 7.80. The lowest BCUT2D eigenvalue weighted by atomic mass is 10.1. The lowest BCUT2D eigenvalue weighted by Gasteiger charge is -2.16. The Morgan fingerprint density at radius 1 is 1.52 bits per heavy atom. The van der Waals surface area contributed by atoms with Crippen LogP contribution in [0.15, 0.2) is 18.5 Å². The lowest BCUT2D eigenvalue weighted by molar-refractivity contribution is 0.0932. The van der Waals surface area contributed by atoms with Gasteiger partial charge in [0.05, 0.1) is 12.2 Å². The summed E-state index contributed by atoms with van der Waals surface area (Å²) in [4.78, 5) is 16.3. The molecule has 1 aliphatic rings. The molecule has 1 heterocycles. The fourth-order valence-corrected chi connectivity index (χ4v) is 2.21. The van der Waals surface area contributed by atoms with Gasteiger partial charge in [-0.15, -0.1) is 0 Å². The van der Waals surface area contributed by atoms with Crippen molar-refractivity contribution < 1.29 is 9.90 Å². The quantitative estimate of drug-likeness (QED) is 0.787.